The Bertz CT molecular complexity index is 1350. The van der Waals surface area contributed by atoms with Gasteiger partial charge in [-0.15, -0.1) is 10.2 Å². The summed E-state index contributed by atoms with van der Waals surface area (Å²) in [5.74, 6) is 1.41. The Morgan fingerprint density at radius 2 is 1.88 bits per heavy atom. The molecule has 4 aromatic rings. The van der Waals surface area contributed by atoms with E-state index < -0.39 is 11.2 Å². The lowest BCUT2D eigenvalue weighted by Gasteiger charge is -2.21. The van der Waals surface area contributed by atoms with Gasteiger partial charge in [-0.1, -0.05) is 60.3 Å². The molecule has 1 aliphatic heterocycles. The zero-order valence-electron chi connectivity index (χ0n) is 18.0. The van der Waals surface area contributed by atoms with Crippen LogP contribution in [0.5, 0.6) is 11.6 Å². The molecule has 0 saturated carbocycles. The highest BCUT2D eigenvalue weighted by molar-refractivity contribution is 7.98. The largest absolute Gasteiger partial charge is 0.496 e. The first kappa shape index (κ1) is 21.7. The third-order valence-corrected chi connectivity index (χ3v) is 6.16. The monoisotopic (exact) mass is 473 g/mol. The van der Waals surface area contributed by atoms with E-state index >= 15 is 0 Å². The fourth-order valence-corrected chi connectivity index (χ4v) is 4.35. The second-order valence-corrected chi connectivity index (χ2v) is 8.34. The average molecular weight is 474 g/mol. The van der Waals surface area contributed by atoms with Crippen LogP contribution in [0.1, 0.15) is 17.4 Å². The summed E-state index contributed by atoms with van der Waals surface area (Å²) in [5, 5.41) is 23.9. The minimum Gasteiger partial charge on any atom is -0.496 e. The number of ether oxygens (including phenoxy) is 2. The molecule has 0 unspecified atom stereocenters. The van der Waals surface area contributed by atoms with E-state index in [0.29, 0.717) is 27.9 Å². The summed E-state index contributed by atoms with van der Waals surface area (Å²) in [6.07, 6.45) is -0.805. The van der Waals surface area contributed by atoms with E-state index in [2.05, 4.69) is 20.5 Å². The zero-order valence-corrected chi connectivity index (χ0v) is 18.9. The number of rotatable bonds is 6. The van der Waals surface area contributed by atoms with E-state index in [-0.39, 0.29) is 11.6 Å². The molecule has 9 nitrogen and oxygen atoms in total. The van der Waals surface area contributed by atoms with Crippen LogP contribution in [0.15, 0.2) is 78.0 Å². The maximum absolute atomic E-state index is 11.4. The predicted octanol–water partition coefficient (Wildman–Crippen LogP) is 5.25. The molecule has 170 valence electrons. The van der Waals surface area contributed by atoms with Gasteiger partial charge in [0.25, 0.3) is 5.69 Å². The van der Waals surface area contributed by atoms with E-state index in [9.17, 15) is 10.1 Å². The summed E-state index contributed by atoms with van der Waals surface area (Å²) in [6, 6.07) is 21.9. The van der Waals surface area contributed by atoms with E-state index in [1.54, 1.807) is 6.07 Å². The van der Waals surface area contributed by atoms with E-state index in [4.69, 9.17) is 9.47 Å². The Labute approximate surface area is 199 Å². The first-order valence-electron chi connectivity index (χ1n) is 10.4. The molecule has 2 heterocycles. The molecular weight excluding hydrogens is 454 g/mol. The number of methoxy groups -OCH3 is 1. The van der Waals surface area contributed by atoms with Gasteiger partial charge in [0, 0.05) is 29.1 Å². The summed E-state index contributed by atoms with van der Waals surface area (Å²) in [6.45, 7) is 0. The lowest BCUT2D eigenvalue weighted by atomic mass is 10.1. The molecule has 5 rings (SSSR count). The van der Waals surface area contributed by atoms with Gasteiger partial charge < -0.3 is 14.8 Å². The van der Waals surface area contributed by atoms with Crippen molar-refractivity contribution in [2.75, 3.05) is 12.4 Å². The molecule has 0 spiro atoms. The van der Waals surface area contributed by atoms with Gasteiger partial charge in [-0.25, -0.2) is 0 Å². The number of benzene rings is 3. The SMILES string of the molecule is COc1ccc([N+](=O)[O-])cc1[C@@H]1Nc2ccccc2-c2nnc(SCc3ccccc3)nc2O1. The molecule has 0 amide bonds. The minimum atomic E-state index is -0.805. The number of anilines is 1. The second kappa shape index (κ2) is 9.36. The summed E-state index contributed by atoms with van der Waals surface area (Å²) in [5.41, 5.74) is 3.53. The second-order valence-electron chi connectivity index (χ2n) is 7.39. The van der Waals surface area contributed by atoms with Crippen molar-refractivity contribution >= 4 is 23.1 Å². The number of hydrogen-bond acceptors (Lipinski definition) is 9. The van der Waals surface area contributed by atoms with Gasteiger partial charge in [0.05, 0.1) is 17.6 Å². The van der Waals surface area contributed by atoms with Crippen molar-refractivity contribution in [1.82, 2.24) is 15.2 Å². The van der Waals surface area contributed by atoms with Crippen LogP contribution in [0.2, 0.25) is 0 Å². The fraction of sp³-hybridized carbons (Fsp3) is 0.125. The lowest BCUT2D eigenvalue weighted by molar-refractivity contribution is -0.385. The summed E-state index contributed by atoms with van der Waals surface area (Å²) < 4.78 is 11.7. The Balaban J connectivity index is 1.54. The van der Waals surface area contributed by atoms with Gasteiger partial charge in [-0.2, -0.15) is 4.98 Å². The number of para-hydroxylation sites is 1. The number of hydrogen-bond donors (Lipinski definition) is 1. The number of nitrogens with one attached hydrogen (secondary N) is 1. The molecule has 0 fully saturated rings. The van der Waals surface area contributed by atoms with Crippen molar-refractivity contribution < 1.29 is 14.4 Å². The molecule has 0 aliphatic carbocycles. The van der Waals surface area contributed by atoms with Crippen LogP contribution in [-0.4, -0.2) is 27.2 Å². The molecule has 1 N–H and O–H groups in total. The van der Waals surface area contributed by atoms with Gasteiger partial charge in [-0.3, -0.25) is 10.1 Å². The van der Waals surface area contributed by atoms with Crippen LogP contribution in [0.3, 0.4) is 0 Å². The zero-order chi connectivity index (χ0) is 23.5. The van der Waals surface area contributed by atoms with Crippen LogP contribution >= 0.6 is 11.8 Å². The predicted molar refractivity (Wildman–Crippen MR) is 128 cm³/mol. The smallest absolute Gasteiger partial charge is 0.270 e. The van der Waals surface area contributed by atoms with Gasteiger partial charge in [0.15, 0.2) is 5.69 Å². The molecule has 3 aromatic carbocycles. The highest BCUT2D eigenvalue weighted by atomic mass is 32.2. The van der Waals surface area contributed by atoms with Crippen LogP contribution < -0.4 is 14.8 Å². The Morgan fingerprint density at radius 1 is 1.09 bits per heavy atom. The number of fused-ring (bicyclic) bond motifs is 3. The topological polar surface area (TPSA) is 112 Å². The Hall–Kier alpha value is -4.18. The molecule has 1 atom stereocenters. The molecule has 34 heavy (non-hydrogen) atoms. The number of nitrogens with zero attached hydrogens (tertiary/aromatic N) is 4. The molecular formula is C24H19N5O4S. The van der Waals surface area contributed by atoms with Gasteiger partial charge in [-0.05, 0) is 17.7 Å². The summed E-state index contributed by atoms with van der Waals surface area (Å²) in [7, 11) is 1.51. The summed E-state index contributed by atoms with van der Waals surface area (Å²) >= 11 is 1.45. The van der Waals surface area contributed by atoms with E-state index in [1.807, 2.05) is 54.6 Å². The van der Waals surface area contributed by atoms with E-state index in [0.717, 1.165) is 16.8 Å². The van der Waals surface area contributed by atoms with Crippen molar-refractivity contribution in [1.29, 1.82) is 0 Å². The van der Waals surface area contributed by atoms with Gasteiger partial charge in [0.2, 0.25) is 17.3 Å². The number of aromatic nitrogens is 3. The molecule has 1 aromatic heterocycles. The molecule has 0 saturated heterocycles. The van der Waals surface area contributed by atoms with Gasteiger partial charge in [0.1, 0.15) is 5.75 Å². The van der Waals surface area contributed by atoms with E-state index in [1.165, 1.54) is 31.0 Å². The van der Waals surface area contributed by atoms with Crippen molar-refractivity contribution in [3.8, 4) is 22.9 Å². The highest BCUT2D eigenvalue weighted by Crippen LogP contribution is 2.41. The van der Waals surface area contributed by atoms with Gasteiger partial charge >= 0.3 is 0 Å². The first-order chi connectivity index (χ1) is 16.6. The number of non-ortho nitro benzene ring substituents is 1. The summed E-state index contributed by atoms with van der Waals surface area (Å²) in [4.78, 5) is 15.6. The number of nitro benzene ring substituents is 1. The number of nitro groups is 1. The first-order valence-corrected chi connectivity index (χ1v) is 11.4. The third-order valence-electron chi connectivity index (χ3n) is 5.25. The fourth-order valence-electron chi connectivity index (χ4n) is 3.61. The lowest BCUT2D eigenvalue weighted by Crippen LogP contribution is -2.18. The van der Waals surface area contributed by atoms with Crippen LogP contribution in [0, 0.1) is 10.1 Å². The van der Waals surface area contributed by atoms with Crippen LogP contribution in [0.25, 0.3) is 11.3 Å². The van der Waals surface area contributed by atoms with Crippen LogP contribution in [-0.2, 0) is 5.75 Å². The average Bonchev–Trinajstić information content (AvgIpc) is 3.04. The van der Waals surface area contributed by atoms with Crippen molar-refractivity contribution in [2.45, 2.75) is 17.1 Å². The molecule has 0 radical (unpaired) electrons. The maximum Gasteiger partial charge on any atom is 0.270 e. The van der Waals surface area contributed by atoms with Crippen LogP contribution in [0.4, 0.5) is 11.4 Å². The Kier molecular flexibility index (Phi) is 5.96. The Morgan fingerprint density at radius 3 is 2.68 bits per heavy atom. The third kappa shape index (κ3) is 4.35. The maximum atomic E-state index is 11.4. The highest BCUT2D eigenvalue weighted by Gasteiger charge is 2.29. The standard InChI is InChI=1S/C24H19N5O4S/c1-32-20-12-11-16(29(30)31)13-18(20)22-25-19-10-6-5-9-17(19)21-23(33-22)26-24(28-27-21)34-14-15-7-3-2-4-8-15/h2-13,22,25H,14H2,1H3/t22-/m1/s1. The van der Waals surface area contributed by atoms with Crippen molar-refractivity contribution in [3.63, 3.8) is 0 Å². The van der Waals surface area contributed by atoms with Crippen molar-refractivity contribution in [2.24, 2.45) is 0 Å². The molecule has 0 bridgehead atoms. The number of thioether (sulfide) groups is 1. The molecule has 10 heteroatoms. The van der Waals surface area contributed by atoms with Crippen molar-refractivity contribution in [3.05, 3.63) is 94.0 Å². The molecule has 1 aliphatic rings. The quantitative estimate of drug-likeness (QED) is 0.228. The minimum absolute atomic E-state index is 0.0705. The normalized spacial score (nSPS) is 14.1.